The van der Waals surface area contributed by atoms with Gasteiger partial charge in [0.1, 0.15) is 0 Å². The molecule has 0 spiro atoms. The van der Waals surface area contributed by atoms with E-state index in [0.717, 1.165) is 12.8 Å². The second-order valence-corrected chi connectivity index (χ2v) is 4.51. The minimum Gasteiger partial charge on any atom is -0.393 e. The number of rotatable bonds is 5. The molecule has 0 aliphatic heterocycles. The van der Waals surface area contributed by atoms with Gasteiger partial charge >= 0.3 is 0 Å². The van der Waals surface area contributed by atoms with Gasteiger partial charge < -0.3 is 5.11 Å². The van der Waals surface area contributed by atoms with Crippen LogP contribution < -0.4 is 0 Å². The minimum atomic E-state index is -2.82. The summed E-state index contributed by atoms with van der Waals surface area (Å²) >= 11 is 0. The lowest BCUT2D eigenvalue weighted by Crippen LogP contribution is -2.18. The zero-order chi connectivity index (χ0) is 11.6. The van der Waals surface area contributed by atoms with Crippen molar-refractivity contribution in [2.75, 3.05) is 0 Å². The Hall–Kier alpha value is -0.960. The molecule has 16 heavy (non-hydrogen) atoms. The van der Waals surface area contributed by atoms with E-state index in [0.29, 0.717) is 0 Å². The van der Waals surface area contributed by atoms with Gasteiger partial charge in [0.2, 0.25) is 0 Å². The van der Waals surface area contributed by atoms with E-state index in [9.17, 15) is 13.9 Å². The molecular weight excluding hydrogens is 210 g/mol. The van der Waals surface area contributed by atoms with Gasteiger partial charge in [-0.1, -0.05) is 30.3 Å². The highest BCUT2D eigenvalue weighted by Crippen LogP contribution is 2.38. The fourth-order valence-electron chi connectivity index (χ4n) is 1.87. The van der Waals surface area contributed by atoms with Gasteiger partial charge in [-0.25, -0.2) is 8.78 Å². The molecule has 1 atom stereocenters. The monoisotopic (exact) mass is 226 g/mol. The topological polar surface area (TPSA) is 20.2 Å². The van der Waals surface area contributed by atoms with Crippen LogP contribution in [-0.2, 0) is 5.92 Å². The smallest absolute Gasteiger partial charge is 0.273 e. The van der Waals surface area contributed by atoms with Crippen LogP contribution in [0.2, 0.25) is 0 Å². The fourth-order valence-corrected chi connectivity index (χ4v) is 1.87. The van der Waals surface area contributed by atoms with Gasteiger partial charge in [0.05, 0.1) is 6.10 Å². The molecule has 0 heterocycles. The Bertz CT molecular complexity index is 333. The van der Waals surface area contributed by atoms with Crippen molar-refractivity contribution in [2.45, 2.75) is 37.7 Å². The van der Waals surface area contributed by atoms with E-state index >= 15 is 0 Å². The molecule has 1 unspecified atom stereocenters. The van der Waals surface area contributed by atoms with Crippen LogP contribution in [0.1, 0.15) is 31.2 Å². The summed E-state index contributed by atoms with van der Waals surface area (Å²) in [6, 6.07) is 7.81. The quantitative estimate of drug-likeness (QED) is 0.816. The summed E-state index contributed by atoms with van der Waals surface area (Å²) in [5.74, 6) is -2.55. The molecule has 88 valence electrons. The first kappa shape index (κ1) is 11.5. The van der Waals surface area contributed by atoms with Crippen LogP contribution in [0.3, 0.4) is 0 Å². The Labute approximate surface area is 94.1 Å². The molecule has 0 saturated heterocycles. The second-order valence-electron chi connectivity index (χ2n) is 4.51. The Morgan fingerprint density at radius 1 is 1.25 bits per heavy atom. The highest BCUT2D eigenvalue weighted by molar-refractivity contribution is 5.19. The van der Waals surface area contributed by atoms with Crippen LogP contribution >= 0.6 is 0 Å². The standard InChI is InChI=1S/C13H16F2O/c14-13(15,11-4-2-1-3-5-11)9-8-12(16)10-6-7-10/h1-5,10,12,16H,6-9H2. The molecule has 1 aromatic carbocycles. The van der Waals surface area contributed by atoms with Gasteiger partial charge in [-0.05, 0) is 25.2 Å². The fraction of sp³-hybridized carbons (Fsp3) is 0.538. The molecule has 1 nitrogen and oxygen atoms in total. The highest BCUT2D eigenvalue weighted by Gasteiger charge is 2.35. The SMILES string of the molecule is OC(CCC(F)(F)c1ccccc1)C1CC1. The number of hydrogen-bond donors (Lipinski definition) is 1. The second kappa shape index (κ2) is 4.50. The number of hydrogen-bond acceptors (Lipinski definition) is 1. The molecule has 0 radical (unpaired) electrons. The summed E-state index contributed by atoms with van der Waals surface area (Å²) in [4.78, 5) is 0. The number of aliphatic hydroxyl groups excluding tert-OH is 1. The van der Waals surface area contributed by atoms with Crippen molar-refractivity contribution in [3.05, 3.63) is 35.9 Å². The lowest BCUT2D eigenvalue weighted by molar-refractivity contribution is -0.0280. The van der Waals surface area contributed by atoms with Crippen LogP contribution in [0.5, 0.6) is 0 Å². The van der Waals surface area contributed by atoms with E-state index in [1.54, 1.807) is 18.2 Å². The van der Waals surface area contributed by atoms with Crippen LogP contribution in [0.4, 0.5) is 8.78 Å². The summed E-state index contributed by atoms with van der Waals surface area (Å²) in [7, 11) is 0. The van der Waals surface area contributed by atoms with E-state index in [2.05, 4.69) is 0 Å². The van der Waals surface area contributed by atoms with Gasteiger partial charge in [-0.15, -0.1) is 0 Å². The molecule has 1 aliphatic rings. The van der Waals surface area contributed by atoms with E-state index in [1.165, 1.54) is 12.1 Å². The van der Waals surface area contributed by atoms with Crippen molar-refractivity contribution in [2.24, 2.45) is 5.92 Å². The number of alkyl halides is 2. The van der Waals surface area contributed by atoms with Crippen molar-refractivity contribution >= 4 is 0 Å². The van der Waals surface area contributed by atoms with E-state index in [-0.39, 0.29) is 24.3 Å². The lowest BCUT2D eigenvalue weighted by atomic mass is 10.0. The predicted octanol–water partition coefficient (Wildman–Crippen LogP) is 3.33. The maximum Gasteiger partial charge on any atom is 0.273 e. The van der Waals surface area contributed by atoms with E-state index in [4.69, 9.17) is 0 Å². The van der Waals surface area contributed by atoms with Crippen LogP contribution in [0.25, 0.3) is 0 Å². The first-order valence-electron chi connectivity index (χ1n) is 5.71. The van der Waals surface area contributed by atoms with Crippen LogP contribution in [-0.4, -0.2) is 11.2 Å². The zero-order valence-corrected chi connectivity index (χ0v) is 9.07. The van der Waals surface area contributed by atoms with Gasteiger partial charge in [0.25, 0.3) is 5.92 Å². The van der Waals surface area contributed by atoms with Gasteiger partial charge in [-0.3, -0.25) is 0 Å². The Morgan fingerprint density at radius 3 is 2.44 bits per heavy atom. The van der Waals surface area contributed by atoms with Crippen LogP contribution in [0, 0.1) is 5.92 Å². The average Bonchev–Trinajstić information content (AvgIpc) is 3.11. The van der Waals surface area contributed by atoms with E-state index < -0.39 is 12.0 Å². The zero-order valence-electron chi connectivity index (χ0n) is 9.07. The minimum absolute atomic E-state index is 0.0398. The van der Waals surface area contributed by atoms with Crippen molar-refractivity contribution in [3.8, 4) is 0 Å². The first-order valence-corrected chi connectivity index (χ1v) is 5.71. The van der Waals surface area contributed by atoms with Crippen molar-refractivity contribution in [1.29, 1.82) is 0 Å². The molecular formula is C13H16F2O. The number of aliphatic hydroxyl groups is 1. The molecule has 1 saturated carbocycles. The van der Waals surface area contributed by atoms with Crippen LogP contribution in [0.15, 0.2) is 30.3 Å². The molecule has 1 N–H and O–H groups in total. The molecule has 1 aliphatic carbocycles. The van der Waals surface area contributed by atoms with Gasteiger partial charge in [0, 0.05) is 12.0 Å². The molecule has 2 rings (SSSR count). The molecule has 1 aromatic rings. The third kappa shape index (κ3) is 2.79. The van der Waals surface area contributed by atoms with Gasteiger partial charge in [0.15, 0.2) is 0 Å². The summed E-state index contributed by atoms with van der Waals surface area (Å²) in [5.41, 5.74) is 0.0398. The molecule has 1 fully saturated rings. The maximum absolute atomic E-state index is 13.7. The van der Waals surface area contributed by atoms with E-state index in [1.807, 2.05) is 0 Å². The first-order chi connectivity index (χ1) is 7.59. The molecule has 0 bridgehead atoms. The normalized spacial score (nSPS) is 18.4. The lowest BCUT2D eigenvalue weighted by Gasteiger charge is -2.18. The van der Waals surface area contributed by atoms with Crippen molar-refractivity contribution in [3.63, 3.8) is 0 Å². The summed E-state index contributed by atoms with van der Waals surface area (Å²) in [5, 5.41) is 9.57. The molecule has 0 amide bonds. The Morgan fingerprint density at radius 2 is 1.88 bits per heavy atom. The Kier molecular flexibility index (Phi) is 3.24. The third-order valence-corrected chi connectivity index (χ3v) is 3.12. The predicted molar refractivity (Wildman–Crippen MR) is 58.3 cm³/mol. The third-order valence-electron chi connectivity index (χ3n) is 3.12. The Balaban J connectivity index is 1.91. The number of benzene rings is 1. The highest BCUT2D eigenvalue weighted by atomic mass is 19.3. The summed E-state index contributed by atoms with van der Waals surface area (Å²) in [6.07, 6.45) is 1.34. The molecule has 0 aromatic heterocycles. The summed E-state index contributed by atoms with van der Waals surface area (Å²) < 4.78 is 27.4. The van der Waals surface area contributed by atoms with Crippen molar-refractivity contribution in [1.82, 2.24) is 0 Å². The largest absolute Gasteiger partial charge is 0.393 e. The molecule has 3 heteroatoms. The number of halogens is 2. The summed E-state index contributed by atoms with van der Waals surface area (Å²) in [6.45, 7) is 0. The average molecular weight is 226 g/mol. The van der Waals surface area contributed by atoms with Gasteiger partial charge in [-0.2, -0.15) is 0 Å². The maximum atomic E-state index is 13.7. The van der Waals surface area contributed by atoms with Crippen molar-refractivity contribution < 1.29 is 13.9 Å².